The van der Waals surface area contributed by atoms with E-state index in [1.807, 2.05) is 30.3 Å². The van der Waals surface area contributed by atoms with Crippen molar-refractivity contribution in [3.63, 3.8) is 0 Å². The first-order valence-electron chi connectivity index (χ1n) is 7.44. The molecule has 0 spiro atoms. The molecule has 9 heteroatoms. The van der Waals surface area contributed by atoms with Gasteiger partial charge in [-0.15, -0.1) is 0 Å². The van der Waals surface area contributed by atoms with Crippen LogP contribution in [0.4, 0.5) is 0 Å². The van der Waals surface area contributed by atoms with Gasteiger partial charge in [0, 0.05) is 11.0 Å². The number of hydrogen-bond acceptors (Lipinski definition) is 6. The van der Waals surface area contributed by atoms with Crippen molar-refractivity contribution in [2.75, 3.05) is 0 Å². The SMILES string of the molecule is NC(=O)c1n[nH]nc1-c1ccc(OCc2ccccc2)c(B(O)O)c1. The van der Waals surface area contributed by atoms with Crippen LogP contribution in [0.1, 0.15) is 16.1 Å². The first-order chi connectivity index (χ1) is 12.1. The molecule has 8 nitrogen and oxygen atoms in total. The highest BCUT2D eigenvalue weighted by Crippen LogP contribution is 2.22. The Hall–Kier alpha value is -3.17. The lowest BCUT2D eigenvalue weighted by Gasteiger charge is -2.12. The molecule has 3 aromatic rings. The largest absolute Gasteiger partial charge is 0.492 e. The molecule has 0 atom stereocenters. The molecule has 1 aromatic heterocycles. The lowest BCUT2D eigenvalue weighted by atomic mass is 9.78. The van der Waals surface area contributed by atoms with Crippen LogP contribution in [0.25, 0.3) is 11.3 Å². The van der Waals surface area contributed by atoms with Crippen molar-refractivity contribution in [3.05, 3.63) is 59.8 Å². The number of carbonyl (C=O) groups excluding carboxylic acids is 1. The Balaban J connectivity index is 1.90. The van der Waals surface area contributed by atoms with E-state index in [9.17, 15) is 14.8 Å². The zero-order valence-electron chi connectivity index (χ0n) is 13.1. The number of benzene rings is 2. The number of amides is 1. The number of H-pyrrole nitrogens is 1. The lowest BCUT2D eigenvalue weighted by molar-refractivity contribution is 0.0996. The Morgan fingerprint density at radius 1 is 1.16 bits per heavy atom. The maximum atomic E-state index is 11.4. The van der Waals surface area contributed by atoms with Gasteiger partial charge in [0.15, 0.2) is 5.69 Å². The third-order valence-electron chi connectivity index (χ3n) is 3.58. The Labute approximate surface area is 143 Å². The second kappa shape index (κ2) is 7.16. The Kier molecular flexibility index (Phi) is 4.78. The summed E-state index contributed by atoms with van der Waals surface area (Å²) in [5, 5.41) is 29.2. The summed E-state index contributed by atoms with van der Waals surface area (Å²) in [6.07, 6.45) is 0. The van der Waals surface area contributed by atoms with E-state index >= 15 is 0 Å². The summed E-state index contributed by atoms with van der Waals surface area (Å²) in [5.41, 5.74) is 6.99. The van der Waals surface area contributed by atoms with E-state index in [1.54, 1.807) is 12.1 Å². The average molecular weight is 338 g/mol. The summed E-state index contributed by atoms with van der Waals surface area (Å²) in [7, 11) is -1.75. The minimum absolute atomic E-state index is 0.0312. The predicted molar refractivity (Wildman–Crippen MR) is 90.9 cm³/mol. The maximum absolute atomic E-state index is 11.4. The van der Waals surface area contributed by atoms with Crippen LogP contribution < -0.4 is 15.9 Å². The van der Waals surface area contributed by atoms with Crippen molar-refractivity contribution in [2.24, 2.45) is 5.73 Å². The van der Waals surface area contributed by atoms with Gasteiger partial charge < -0.3 is 20.5 Å². The molecule has 0 fully saturated rings. The van der Waals surface area contributed by atoms with Gasteiger partial charge in [0.05, 0.1) is 0 Å². The molecule has 0 saturated heterocycles. The number of primary amides is 1. The highest BCUT2D eigenvalue weighted by molar-refractivity contribution is 6.59. The smallest absolute Gasteiger partial charge is 0.489 e. The third-order valence-corrected chi connectivity index (χ3v) is 3.58. The summed E-state index contributed by atoms with van der Waals surface area (Å²) in [6, 6.07) is 14.2. The van der Waals surface area contributed by atoms with Crippen molar-refractivity contribution < 1.29 is 19.6 Å². The van der Waals surface area contributed by atoms with Gasteiger partial charge in [0.2, 0.25) is 0 Å². The van der Waals surface area contributed by atoms with Crippen molar-refractivity contribution >= 4 is 18.5 Å². The van der Waals surface area contributed by atoms with Crippen LogP contribution in [-0.2, 0) is 6.61 Å². The minimum Gasteiger partial charge on any atom is -0.489 e. The monoisotopic (exact) mass is 338 g/mol. The number of nitrogens with two attached hydrogens (primary N) is 1. The van der Waals surface area contributed by atoms with E-state index in [0.29, 0.717) is 11.3 Å². The van der Waals surface area contributed by atoms with Gasteiger partial charge in [-0.3, -0.25) is 4.79 Å². The molecule has 1 amide bonds. The molecule has 25 heavy (non-hydrogen) atoms. The van der Waals surface area contributed by atoms with E-state index in [-0.39, 0.29) is 23.5 Å². The Bertz CT molecular complexity index is 883. The number of carbonyl (C=O) groups is 1. The predicted octanol–water partition coefficient (Wildman–Crippen LogP) is -0.171. The quantitative estimate of drug-likeness (QED) is 0.461. The molecule has 2 aromatic carbocycles. The van der Waals surface area contributed by atoms with Crippen molar-refractivity contribution in [1.82, 2.24) is 15.4 Å². The molecule has 126 valence electrons. The van der Waals surface area contributed by atoms with Gasteiger partial charge in [-0.25, -0.2) is 0 Å². The molecule has 5 N–H and O–H groups in total. The fraction of sp³-hybridized carbons (Fsp3) is 0.0625. The van der Waals surface area contributed by atoms with Crippen molar-refractivity contribution in [2.45, 2.75) is 6.61 Å². The van der Waals surface area contributed by atoms with E-state index in [1.165, 1.54) is 6.07 Å². The van der Waals surface area contributed by atoms with Gasteiger partial charge in [-0.1, -0.05) is 30.3 Å². The molecule has 0 unspecified atom stereocenters. The molecule has 0 aliphatic heterocycles. The van der Waals surface area contributed by atoms with Crippen LogP contribution in [0.3, 0.4) is 0 Å². The second-order valence-electron chi connectivity index (χ2n) is 5.29. The lowest BCUT2D eigenvalue weighted by Crippen LogP contribution is -2.31. The first kappa shape index (κ1) is 16.7. The Morgan fingerprint density at radius 3 is 2.60 bits per heavy atom. The zero-order chi connectivity index (χ0) is 17.8. The van der Waals surface area contributed by atoms with Gasteiger partial charge in [0.1, 0.15) is 18.1 Å². The maximum Gasteiger partial charge on any atom is 0.492 e. The van der Waals surface area contributed by atoms with Crippen LogP contribution in [0.15, 0.2) is 48.5 Å². The number of rotatable bonds is 6. The van der Waals surface area contributed by atoms with Gasteiger partial charge in [-0.2, -0.15) is 15.4 Å². The molecule has 0 saturated carbocycles. The first-order valence-corrected chi connectivity index (χ1v) is 7.44. The highest BCUT2D eigenvalue weighted by Gasteiger charge is 2.21. The molecule has 3 rings (SSSR count). The summed E-state index contributed by atoms with van der Waals surface area (Å²) >= 11 is 0. The number of nitrogens with zero attached hydrogens (tertiary/aromatic N) is 2. The summed E-state index contributed by atoms with van der Waals surface area (Å²) in [4.78, 5) is 11.4. The summed E-state index contributed by atoms with van der Waals surface area (Å²) in [5.74, 6) is -0.425. The number of ether oxygens (including phenoxy) is 1. The van der Waals surface area contributed by atoms with E-state index in [2.05, 4.69) is 15.4 Å². The van der Waals surface area contributed by atoms with Crippen LogP contribution in [0.5, 0.6) is 5.75 Å². The van der Waals surface area contributed by atoms with Crippen molar-refractivity contribution in [1.29, 1.82) is 0 Å². The molecular weight excluding hydrogens is 323 g/mol. The molecule has 0 bridgehead atoms. The van der Waals surface area contributed by atoms with Crippen LogP contribution >= 0.6 is 0 Å². The van der Waals surface area contributed by atoms with Gasteiger partial charge in [-0.05, 0) is 23.8 Å². The molecular formula is C16H15BN4O4. The van der Waals surface area contributed by atoms with Gasteiger partial charge >= 0.3 is 7.12 Å². The fourth-order valence-corrected chi connectivity index (χ4v) is 2.37. The molecule has 1 heterocycles. The second-order valence-corrected chi connectivity index (χ2v) is 5.29. The standard InChI is InChI=1S/C16H15BN4O4/c18-16(22)15-14(19-21-20-15)11-6-7-13(12(8-11)17(23)24)25-9-10-4-2-1-3-5-10/h1-8,23-24H,9H2,(H2,18,22)(H,19,20,21). The molecule has 0 radical (unpaired) electrons. The number of aromatic nitrogens is 3. The summed E-state index contributed by atoms with van der Waals surface area (Å²) < 4.78 is 5.68. The zero-order valence-corrected chi connectivity index (χ0v) is 13.1. The van der Waals surface area contributed by atoms with E-state index in [4.69, 9.17) is 10.5 Å². The van der Waals surface area contributed by atoms with E-state index < -0.39 is 13.0 Å². The minimum atomic E-state index is -1.75. The molecule has 0 aliphatic carbocycles. The fourth-order valence-electron chi connectivity index (χ4n) is 2.37. The third kappa shape index (κ3) is 3.68. The summed E-state index contributed by atoms with van der Waals surface area (Å²) in [6.45, 7) is 0.274. The van der Waals surface area contributed by atoms with E-state index in [0.717, 1.165) is 5.56 Å². The van der Waals surface area contributed by atoms with Crippen molar-refractivity contribution in [3.8, 4) is 17.0 Å². The number of hydrogen-bond donors (Lipinski definition) is 4. The number of aromatic amines is 1. The topological polar surface area (TPSA) is 134 Å². The van der Waals surface area contributed by atoms with Crippen LogP contribution in [0.2, 0.25) is 0 Å². The van der Waals surface area contributed by atoms with Gasteiger partial charge in [0.25, 0.3) is 5.91 Å². The average Bonchev–Trinajstić information content (AvgIpc) is 3.10. The number of nitrogens with one attached hydrogen (secondary N) is 1. The Morgan fingerprint density at radius 2 is 1.92 bits per heavy atom. The molecule has 0 aliphatic rings. The highest BCUT2D eigenvalue weighted by atomic mass is 16.5. The van der Waals surface area contributed by atoms with Crippen LogP contribution in [0, 0.1) is 0 Å². The normalized spacial score (nSPS) is 10.5. The van der Waals surface area contributed by atoms with Crippen LogP contribution in [-0.4, -0.2) is 38.5 Å².